The molecule has 1 spiro atoms. The number of carbonyl (C=O) groups is 1. The van der Waals surface area contributed by atoms with E-state index in [4.69, 9.17) is 4.74 Å². The number of halogens is 4. The number of ether oxygens (including phenoxy) is 1. The van der Waals surface area contributed by atoms with Gasteiger partial charge < -0.3 is 4.74 Å². The lowest BCUT2D eigenvalue weighted by Crippen LogP contribution is -2.74. The number of hydrogen-bond donors (Lipinski definition) is 0. The first-order chi connectivity index (χ1) is 12.2. The van der Waals surface area contributed by atoms with Gasteiger partial charge in [-0.2, -0.15) is 21.6 Å². The van der Waals surface area contributed by atoms with Crippen molar-refractivity contribution in [3.8, 4) is 0 Å². The molecule has 3 atom stereocenters. The fourth-order valence-electron chi connectivity index (χ4n) is 4.57. The van der Waals surface area contributed by atoms with Crippen LogP contribution in [0.15, 0.2) is 12.3 Å². The van der Waals surface area contributed by atoms with Crippen LogP contribution in [-0.4, -0.2) is 42.0 Å². The zero-order valence-electron chi connectivity index (χ0n) is 15.3. The van der Waals surface area contributed by atoms with Crippen LogP contribution in [0.25, 0.3) is 0 Å². The minimum absolute atomic E-state index is 0.0212. The molecule has 5 nitrogen and oxygen atoms in total. The van der Waals surface area contributed by atoms with Gasteiger partial charge in [0.1, 0.15) is 0 Å². The monoisotopic (exact) mass is 413 g/mol. The summed E-state index contributed by atoms with van der Waals surface area (Å²) < 4.78 is 85.5. The lowest BCUT2D eigenvalue weighted by atomic mass is 9.59. The second-order valence-electron chi connectivity index (χ2n) is 8.59. The van der Waals surface area contributed by atoms with Gasteiger partial charge in [0, 0.05) is 11.6 Å². The van der Waals surface area contributed by atoms with Gasteiger partial charge >= 0.3 is 21.5 Å². The van der Waals surface area contributed by atoms with Crippen LogP contribution in [0.3, 0.4) is 0 Å². The van der Waals surface area contributed by atoms with Crippen molar-refractivity contribution in [1.29, 1.82) is 0 Å². The van der Waals surface area contributed by atoms with E-state index in [1.165, 1.54) is 0 Å². The maximum Gasteiger partial charge on any atom is 0.516 e. The molecule has 2 bridgehead atoms. The summed E-state index contributed by atoms with van der Waals surface area (Å²) in [5.41, 5.74) is -10.0. The van der Waals surface area contributed by atoms with Crippen LogP contribution >= 0.6 is 0 Å². The van der Waals surface area contributed by atoms with Crippen LogP contribution < -0.4 is 0 Å². The van der Waals surface area contributed by atoms with E-state index >= 15 is 4.39 Å². The number of nitrogens with zero attached hydrogens (tertiary/aromatic N) is 1. The Morgan fingerprint density at radius 3 is 2.19 bits per heavy atom. The Labute approximate surface area is 155 Å². The summed E-state index contributed by atoms with van der Waals surface area (Å²) in [6, 6.07) is -1.78. The van der Waals surface area contributed by atoms with E-state index in [1.54, 1.807) is 20.8 Å². The molecule has 3 aliphatic rings. The van der Waals surface area contributed by atoms with E-state index < -0.39 is 50.1 Å². The molecule has 1 aliphatic carbocycles. The summed E-state index contributed by atoms with van der Waals surface area (Å²) in [6.07, 6.45) is 1.47. The smallest absolute Gasteiger partial charge is 0.450 e. The molecule has 10 heteroatoms. The van der Waals surface area contributed by atoms with Crippen molar-refractivity contribution in [2.75, 3.05) is 0 Å². The summed E-state index contributed by atoms with van der Waals surface area (Å²) >= 11 is 0. The van der Waals surface area contributed by atoms with Crippen molar-refractivity contribution in [3.63, 3.8) is 0 Å². The SMILES string of the molecule is CC(C)(C)[C@]12C=CN(S(=O)(=O)C(F)(F)F)[C@H]([C@@H]1F)C1(CCCCC1)C(=O)O2. The van der Waals surface area contributed by atoms with Crippen molar-refractivity contribution in [1.82, 2.24) is 4.31 Å². The molecule has 0 aromatic heterocycles. The summed E-state index contributed by atoms with van der Waals surface area (Å²) in [4.78, 5) is 13.0. The van der Waals surface area contributed by atoms with Gasteiger partial charge in [-0.3, -0.25) is 9.10 Å². The Balaban J connectivity index is 2.24. The van der Waals surface area contributed by atoms with Crippen LogP contribution in [0.1, 0.15) is 52.9 Å². The Bertz CT molecular complexity index is 765. The van der Waals surface area contributed by atoms with Gasteiger partial charge in [0.05, 0.1) is 11.5 Å². The van der Waals surface area contributed by atoms with E-state index in [0.29, 0.717) is 12.8 Å². The fraction of sp³-hybridized carbons (Fsp3) is 0.824. The van der Waals surface area contributed by atoms with E-state index in [-0.39, 0.29) is 17.1 Å². The first-order valence-corrected chi connectivity index (χ1v) is 10.3. The van der Waals surface area contributed by atoms with E-state index in [0.717, 1.165) is 18.7 Å². The number of rotatable bonds is 1. The van der Waals surface area contributed by atoms with Crippen molar-refractivity contribution >= 4 is 16.0 Å². The zero-order valence-corrected chi connectivity index (χ0v) is 16.2. The third-order valence-corrected chi connectivity index (χ3v) is 7.64. The summed E-state index contributed by atoms with van der Waals surface area (Å²) in [5.74, 6) is -0.817. The second-order valence-corrected chi connectivity index (χ2v) is 10.4. The number of esters is 1. The van der Waals surface area contributed by atoms with Gasteiger partial charge in [0.15, 0.2) is 11.8 Å². The molecular weight excluding hydrogens is 390 g/mol. The Morgan fingerprint density at radius 1 is 1.15 bits per heavy atom. The summed E-state index contributed by atoms with van der Waals surface area (Å²) in [5, 5.41) is 0. The molecule has 0 radical (unpaired) electrons. The lowest BCUT2D eigenvalue weighted by Gasteiger charge is -2.59. The molecule has 1 saturated carbocycles. The number of alkyl halides is 4. The second kappa shape index (κ2) is 5.84. The Kier molecular flexibility index (Phi) is 4.42. The average Bonchev–Trinajstić information content (AvgIpc) is 2.53. The van der Waals surface area contributed by atoms with Gasteiger partial charge in [0.25, 0.3) is 0 Å². The highest BCUT2D eigenvalue weighted by Crippen LogP contribution is 2.57. The highest BCUT2D eigenvalue weighted by Gasteiger charge is 2.71. The summed E-state index contributed by atoms with van der Waals surface area (Å²) in [6.45, 7) is 4.79. The molecule has 2 aliphatic heterocycles. The van der Waals surface area contributed by atoms with E-state index in [2.05, 4.69) is 0 Å². The number of hydrogen-bond acceptors (Lipinski definition) is 4. The predicted molar refractivity (Wildman–Crippen MR) is 88.4 cm³/mol. The van der Waals surface area contributed by atoms with Gasteiger partial charge in [-0.05, 0) is 18.9 Å². The topological polar surface area (TPSA) is 63.7 Å². The third kappa shape index (κ3) is 2.61. The van der Waals surface area contributed by atoms with Crippen molar-refractivity contribution < 1.29 is 35.5 Å². The highest BCUT2D eigenvalue weighted by molar-refractivity contribution is 7.90. The average molecular weight is 413 g/mol. The molecular formula is C17H23F4NO4S. The van der Waals surface area contributed by atoms with Gasteiger partial charge in [-0.25, -0.2) is 4.39 Å². The first-order valence-electron chi connectivity index (χ1n) is 8.87. The quantitative estimate of drug-likeness (QED) is 0.486. The standard InChI is InChI=1S/C17H23F4NO4S/c1-14(2,3)16-9-10-22(27(24,25)17(19,20)21)12(11(16)18)15(13(23)26-16)7-5-4-6-8-15/h9-12H,4-8H2,1-3H3/t11-,12+,16-/m0/s1. The van der Waals surface area contributed by atoms with Crippen LogP contribution in [0.4, 0.5) is 17.6 Å². The Hall–Kier alpha value is -1.32. The van der Waals surface area contributed by atoms with E-state index in [1.807, 2.05) is 0 Å². The molecule has 2 heterocycles. The van der Waals surface area contributed by atoms with Crippen LogP contribution in [0.5, 0.6) is 0 Å². The largest absolute Gasteiger partial charge is 0.516 e. The van der Waals surface area contributed by atoms with E-state index in [9.17, 15) is 26.4 Å². The molecule has 0 N–H and O–H groups in total. The molecule has 1 saturated heterocycles. The molecule has 0 unspecified atom stereocenters. The maximum atomic E-state index is 15.8. The van der Waals surface area contributed by atoms with Crippen molar-refractivity contribution in [2.24, 2.45) is 10.8 Å². The third-order valence-electron chi connectivity index (χ3n) is 6.15. The predicted octanol–water partition coefficient (Wildman–Crippen LogP) is 3.66. The van der Waals surface area contributed by atoms with Gasteiger partial charge in [0.2, 0.25) is 0 Å². The molecule has 0 aromatic rings. The van der Waals surface area contributed by atoms with Gasteiger partial charge in [-0.1, -0.05) is 40.0 Å². The minimum Gasteiger partial charge on any atom is -0.450 e. The number of fused-ring (bicyclic) bond motifs is 3. The molecule has 0 amide bonds. The number of carbonyl (C=O) groups excluding carboxylic acids is 1. The first kappa shape index (κ1) is 20.4. The van der Waals surface area contributed by atoms with Crippen molar-refractivity contribution in [2.45, 2.75) is 76.2 Å². The highest BCUT2D eigenvalue weighted by atomic mass is 32.2. The van der Waals surface area contributed by atoms with Gasteiger partial charge in [-0.15, -0.1) is 0 Å². The number of sulfonamides is 1. The lowest BCUT2D eigenvalue weighted by molar-refractivity contribution is -0.226. The van der Waals surface area contributed by atoms with Crippen molar-refractivity contribution in [3.05, 3.63) is 12.3 Å². The van der Waals surface area contributed by atoms with Crippen LogP contribution in [-0.2, 0) is 19.6 Å². The minimum atomic E-state index is -5.86. The molecule has 0 aromatic carbocycles. The molecule has 27 heavy (non-hydrogen) atoms. The maximum absolute atomic E-state index is 15.8. The Morgan fingerprint density at radius 2 is 1.70 bits per heavy atom. The zero-order chi connectivity index (χ0) is 20.5. The molecule has 3 rings (SSSR count). The summed E-state index contributed by atoms with van der Waals surface area (Å²) in [7, 11) is -5.86. The molecule has 2 fully saturated rings. The molecule has 154 valence electrons. The fourth-order valence-corrected chi connectivity index (χ4v) is 5.64. The normalized spacial score (nSPS) is 33.9. The van der Waals surface area contributed by atoms with Crippen LogP contribution in [0, 0.1) is 10.8 Å². The van der Waals surface area contributed by atoms with Crippen LogP contribution in [0.2, 0.25) is 0 Å².